The van der Waals surface area contributed by atoms with Crippen LogP contribution in [0.25, 0.3) is 11.3 Å². The van der Waals surface area contributed by atoms with E-state index in [4.69, 9.17) is 4.52 Å². The summed E-state index contributed by atoms with van der Waals surface area (Å²) in [6.45, 7) is -0.238. The molecule has 0 bridgehead atoms. The highest BCUT2D eigenvalue weighted by Gasteiger charge is 2.32. The lowest BCUT2D eigenvalue weighted by Gasteiger charge is -2.13. The quantitative estimate of drug-likeness (QED) is 0.616. The van der Waals surface area contributed by atoms with Gasteiger partial charge in [-0.15, -0.1) is 0 Å². The van der Waals surface area contributed by atoms with Crippen molar-refractivity contribution in [2.24, 2.45) is 0 Å². The van der Waals surface area contributed by atoms with Gasteiger partial charge in [0, 0.05) is 24.1 Å². The maximum atomic E-state index is 13.9. The van der Waals surface area contributed by atoms with E-state index in [1.807, 2.05) is 0 Å². The van der Waals surface area contributed by atoms with E-state index in [0.717, 1.165) is 6.07 Å². The Morgan fingerprint density at radius 2 is 1.75 bits per heavy atom. The molecule has 1 aromatic heterocycles. The minimum absolute atomic E-state index is 0.00312. The lowest BCUT2D eigenvalue weighted by Crippen LogP contribution is -2.24. The zero-order chi connectivity index (χ0) is 20.1. The lowest BCUT2D eigenvalue weighted by atomic mass is 10.0. The van der Waals surface area contributed by atoms with Gasteiger partial charge in [-0.25, -0.2) is 4.39 Å². The summed E-state index contributed by atoms with van der Waals surface area (Å²) in [6, 6.07) is 11.1. The Kier molecular flexibility index (Phi) is 5.77. The molecule has 3 rings (SSSR count). The minimum atomic E-state index is -4.49. The number of benzene rings is 2. The van der Waals surface area contributed by atoms with Gasteiger partial charge in [-0.1, -0.05) is 35.5 Å². The normalized spacial score (nSPS) is 11.4. The number of nitrogens with zero attached hydrogens (tertiary/aromatic N) is 1. The molecular weight excluding hydrogens is 376 g/mol. The first kappa shape index (κ1) is 19.6. The van der Waals surface area contributed by atoms with Crippen molar-refractivity contribution in [1.29, 1.82) is 0 Å². The maximum absolute atomic E-state index is 13.9. The second-order valence-electron chi connectivity index (χ2n) is 6.10. The Morgan fingerprint density at radius 1 is 1.04 bits per heavy atom. The molecule has 1 N–H and O–H groups in total. The number of hydrogen-bond acceptors (Lipinski definition) is 3. The molecule has 1 amide bonds. The van der Waals surface area contributed by atoms with Gasteiger partial charge in [0.2, 0.25) is 5.91 Å². The van der Waals surface area contributed by atoms with E-state index in [9.17, 15) is 22.4 Å². The molecule has 0 aliphatic rings. The first-order chi connectivity index (χ1) is 13.4. The third-order valence-electron chi connectivity index (χ3n) is 4.19. The van der Waals surface area contributed by atoms with E-state index in [-0.39, 0.29) is 30.5 Å². The van der Waals surface area contributed by atoms with Crippen LogP contribution in [0.5, 0.6) is 0 Å². The second kappa shape index (κ2) is 8.24. The van der Waals surface area contributed by atoms with Crippen LogP contribution in [0.4, 0.5) is 17.6 Å². The molecule has 0 fully saturated rings. The maximum Gasteiger partial charge on any atom is 0.416 e. The van der Waals surface area contributed by atoms with Crippen LogP contribution in [-0.2, 0) is 23.9 Å². The Morgan fingerprint density at radius 3 is 2.50 bits per heavy atom. The third kappa shape index (κ3) is 4.57. The van der Waals surface area contributed by atoms with Crippen LogP contribution in [0.1, 0.15) is 23.1 Å². The molecule has 3 aromatic rings. The molecule has 1 heterocycles. The van der Waals surface area contributed by atoms with Crippen molar-refractivity contribution in [3.63, 3.8) is 0 Å². The highest BCUT2D eigenvalue weighted by molar-refractivity contribution is 5.76. The van der Waals surface area contributed by atoms with Gasteiger partial charge in [-0.05, 0) is 30.2 Å². The minimum Gasteiger partial charge on any atom is -0.364 e. The molecule has 0 aliphatic carbocycles. The second-order valence-corrected chi connectivity index (χ2v) is 6.10. The molecule has 0 radical (unpaired) electrons. The van der Waals surface area contributed by atoms with E-state index in [1.165, 1.54) is 30.5 Å². The first-order valence-corrected chi connectivity index (χ1v) is 8.46. The van der Waals surface area contributed by atoms with E-state index in [2.05, 4.69) is 10.5 Å². The Labute approximate surface area is 158 Å². The largest absolute Gasteiger partial charge is 0.416 e. The lowest BCUT2D eigenvalue weighted by molar-refractivity contribution is -0.138. The van der Waals surface area contributed by atoms with Gasteiger partial charge in [0.1, 0.15) is 17.8 Å². The Bertz CT molecular complexity index is 967. The molecule has 0 spiro atoms. The average molecular weight is 392 g/mol. The van der Waals surface area contributed by atoms with Crippen molar-refractivity contribution in [3.05, 3.63) is 77.3 Å². The summed E-state index contributed by atoms with van der Waals surface area (Å²) in [5.41, 5.74) is 0.298. The van der Waals surface area contributed by atoms with E-state index in [0.29, 0.717) is 11.3 Å². The number of alkyl halides is 3. The predicted molar refractivity (Wildman–Crippen MR) is 93.5 cm³/mol. The molecule has 4 nitrogen and oxygen atoms in total. The molecule has 2 aromatic carbocycles. The molecule has 0 saturated carbocycles. The van der Waals surface area contributed by atoms with Crippen LogP contribution < -0.4 is 5.32 Å². The van der Waals surface area contributed by atoms with E-state index in [1.54, 1.807) is 18.2 Å². The Balaban J connectivity index is 1.61. The van der Waals surface area contributed by atoms with Gasteiger partial charge in [0.15, 0.2) is 0 Å². The van der Waals surface area contributed by atoms with Crippen molar-refractivity contribution in [3.8, 4) is 11.3 Å². The molecule has 28 heavy (non-hydrogen) atoms. The van der Waals surface area contributed by atoms with Gasteiger partial charge in [0.25, 0.3) is 0 Å². The summed E-state index contributed by atoms with van der Waals surface area (Å²) in [4.78, 5) is 12.1. The fourth-order valence-electron chi connectivity index (χ4n) is 2.79. The average Bonchev–Trinajstić information content (AvgIpc) is 3.13. The summed E-state index contributed by atoms with van der Waals surface area (Å²) in [5, 5.41) is 6.27. The number of aromatic nitrogens is 1. The number of carbonyl (C=O) groups is 1. The number of nitrogens with one attached hydrogen (secondary N) is 1. The van der Waals surface area contributed by atoms with Crippen LogP contribution in [0, 0.1) is 5.82 Å². The highest BCUT2D eigenvalue weighted by atomic mass is 19.4. The van der Waals surface area contributed by atoms with E-state index >= 15 is 0 Å². The van der Waals surface area contributed by atoms with Crippen molar-refractivity contribution in [2.75, 3.05) is 0 Å². The summed E-state index contributed by atoms with van der Waals surface area (Å²) in [5.74, 6) is -0.900. The van der Waals surface area contributed by atoms with Crippen LogP contribution in [-0.4, -0.2) is 11.1 Å². The number of rotatable bonds is 6. The van der Waals surface area contributed by atoms with Gasteiger partial charge >= 0.3 is 6.18 Å². The van der Waals surface area contributed by atoms with Crippen molar-refractivity contribution >= 4 is 5.91 Å². The van der Waals surface area contributed by atoms with Gasteiger partial charge in [0.05, 0.1) is 5.56 Å². The first-order valence-electron chi connectivity index (χ1n) is 8.46. The van der Waals surface area contributed by atoms with Gasteiger partial charge < -0.3 is 9.84 Å². The predicted octanol–water partition coefficient (Wildman–Crippen LogP) is 4.75. The van der Waals surface area contributed by atoms with E-state index < -0.39 is 23.5 Å². The molecule has 146 valence electrons. The molecule has 0 unspecified atom stereocenters. The van der Waals surface area contributed by atoms with Crippen molar-refractivity contribution in [2.45, 2.75) is 25.6 Å². The number of amides is 1. The van der Waals surface area contributed by atoms with Gasteiger partial charge in [-0.2, -0.15) is 13.2 Å². The molecular formula is C20H16F4N2O2. The monoisotopic (exact) mass is 392 g/mol. The standard InChI is InChI=1S/C20H16F4N2O2/c21-17-8-4-2-6-15(17)19-14(12-28-26-19)9-10-18(27)25-11-13-5-1-3-7-16(13)20(22,23)24/h1-8,12H,9-11H2,(H,25,27). The number of aryl methyl sites for hydroxylation is 1. The number of hydrogen-bond donors (Lipinski definition) is 1. The fraction of sp³-hybridized carbons (Fsp3) is 0.200. The summed E-state index contributed by atoms with van der Waals surface area (Å²) in [7, 11) is 0. The molecule has 8 heteroatoms. The zero-order valence-electron chi connectivity index (χ0n) is 14.6. The van der Waals surface area contributed by atoms with Crippen molar-refractivity contribution < 1.29 is 26.9 Å². The summed E-state index contributed by atoms with van der Waals surface area (Å²) in [6.07, 6.45) is -2.96. The van der Waals surface area contributed by atoms with Crippen LogP contribution in [0.15, 0.2) is 59.3 Å². The number of carbonyl (C=O) groups excluding carboxylic acids is 1. The van der Waals surface area contributed by atoms with Crippen LogP contribution >= 0.6 is 0 Å². The fourth-order valence-corrected chi connectivity index (χ4v) is 2.79. The van der Waals surface area contributed by atoms with Gasteiger partial charge in [-0.3, -0.25) is 4.79 Å². The summed E-state index contributed by atoms with van der Waals surface area (Å²) >= 11 is 0. The topological polar surface area (TPSA) is 55.1 Å². The zero-order valence-corrected chi connectivity index (χ0v) is 14.6. The van der Waals surface area contributed by atoms with Crippen molar-refractivity contribution in [1.82, 2.24) is 10.5 Å². The smallest absolute Gasteiger partial charge is 0.364 e. The summed E-state index contributed by atoms with van der Waals surface area (Å²) < 4.78 is 57.8. The Hall–Kier alpha value is -3.16. The SMILES string of the molecule is O=C(CCc1conc1-c1ccccc1F)NCc1ccccc1C(F)(F)F. The molecule has 0 saturated heterocycles. The van der Waals surface area contributed by atoms with Crippen LogP contribution in [0.3, 0.4) is 0 Å². The third-order valence-corrected chi connectivity index (χ3v) is 4.19. The number of halogens is 4. The highest BCUT2D eigenvalue weighted by Crippen LogP contribution is 2.31. The molecule has 0 aliphatic heterocycles. The van der Waals surface area contributed by atoms with Crippen LogP contribution in [0.2, 0.25) is 0 Å². The molecule has 0 atom stereocenters.